The van der Waals surface area contributed by atoms with E-state index in [1.165, 1.54) is 18.2 Å². The van der Waals surface area contributed by atoms with Crippen molar-refractivity contribution in [3.8, 4) is 11.9 Å². The summed E-state index contributed by atoms with van der Waals surface area (Å²) in [5.41, 5.74) is 1.70. The summed E-state index contributed by atoms with van der Waals surface area (Å²) in [7, 11) is 1.54. The first-order chi connectivity index (χ1) is 12.1. The number of nitro groups is 1. The van der Waals surface area contributed by atoms with Gasteiger partial charge in [0, 0.05) is 36.3 Å². The fourth-order valence-corrected chi connectivity index (χ4v) is 2.38. The molecule has 0 aliphatic heterocycles. The molecule has 0 fully saturated rings. The lowest BCUT2D eigenvalue weighted by atomic mass is 10.1. The first-order valence-electron chi connectivity index (χ1n) is 7.33. The summed E-state index contributed by atoms with van der Waals surface area (Å²) in [6.07, 6.45) is 1.64. The number of nitriles is 1. The van der Waals surface area contributed by atoms with E-state index in [1.807, 2.05) is 6.07 Å². The predicted molar refractivity (Wildman–Crippen MR) is 91.2 cm³/mol. The standard InChI is InChI=1S/C17H13N5O3/c1-25-17-6-11(4-5-19-17)10-20-16-7-12(9-18)14-8-13(22(23)24)2-3-15(14)21-16/h2-8H,10H2,1H3,(H,20,21). The van der Waals surface area contributed by atoms with Crippen LogP contribution in [0.25, 0.3) is 10.9 Å². The maximum atomic E-state index is 10.9. The van der Waals surface area contributed by atoms with Crippen LogP contribution in [0.1, 0.15) is 11.1 Å². The number of ether oxygens (including phenoxy) is 1. The molecular formula is C17H13N5O3. The Balaban J connectivity index is 1.90. The van der Waals surface area contributed by atoms with E-state index in [1.54, 1.807) is 25.4 Å². The number of aromatic nitrogens is 2. The van der Waals surface area contributed by atoms with Crippen LogP contribution in [0.15, 0.2) is 42.6 Å². The van der Waals surface area contributed by atoms with E-state index < -0.39 is 4.92 Å². The molecule has 8 heteroatoms. The average Bonchev–Trinajstić information content (AvgIpc) is 2.65. The van der Waals surface area contributed by atoms with Gasteiger partial charge in [-0.3, -0.25) is 10.1 Å². The minimum Gasteiger partial charge on any atom is -0.481 e. The number of benzene rings is 1. The second kappa shape index (κ2) is 6.80. The summed E-state index contributed by atoms with van der Waals surface area (Å²) >= 11 is 0. The topological polar surface area (TPSA) is 114 Å². The lowest BCUT2D eigenvalue weighted by Crippen LogP contribution is -2.03. The van der Waals surface area contributed by atoms with Crippen LogP contribution in [-0.4, -0.2) is 22.0 Å². The van der Waals surface area contributed by atoms with Gasteiger partial charge in [-0.2, -0.15) is 5.26 Å². The largest absolute Gasteiger partial charge is 0.481 e. The molecule has 0 unspecified atom stereocenters. The van der Waals surface area contributed by atoms with Crippen molar-refractivity contribution < 1.29 is 9.66 Å². The summed E-state index contributed by atoms with van der Waals surface area (Å²) in [5.74, 6) is 1.02. The van der Waals surface area contributed by atoms with Gasteiger partial charge < -0.3 is 10.1 Å². The third-order valence-electron chi connectivity index (χ3n) is 3.61. The normalized spacial score (nSPS) is 10.2. The van der Waals surface area contributed by atoms with E-state index in [9.17, 15) is 15.4 Å². The molecule has 3 aromatic rings. The first-order valence-corrected chi connectivity index (χ1v) is 7.33. The van der Waals surface area contributed by atoms with Crippen molar-refractivity contribution in [1.82, 2.24) is 9.97 Å². The van der Waals surface area contributed by atoms with Crippen LogP contribution in [0.2, 0.25) is 0 Å². The van der Waals surface area contributed by atoms with E-state index in [0.717, 1.165) is 5.56 Å². The highest BCUT2D eigenvalue weighted by Crippen LogP contribution is 2.25. The van der Waals surface area contributed by atoms with Crippen molar-refractivity contribution >= 4 is 22.4 Å². The highest BCUT2D eigenvalue weighted by molar-refractivity contribution is 5.88. The zero-order valence-electron chi connectivity index (χ0n) is 13.3. The Morgan fingerprint density at radius 2 is 2.16 bits per heavy atom. The Bertz CT molecular complexity index is 997. The number of pyridine rings is 2. The number of nitrogens with one attached hydrogen (secondary N) is 1. The van der Waals surface area contributed by atoms with Gasteiger partial charge in [0.05, 0.1) is 29.2 Å². The third kappa shape index (κ3) is 3.45. The fraction of sp³-hybridized carbons (Fsp3) is 0.118. The van der Waals surface area contributed by atoms with Crippen LogP contribution in [0.5, 0.6) is 5.88 Å². The summed E-state index contributed by atoms with van der Waals surface area (Å²) in [4.78, 5) is 18.9. The van der Waals surface area contributed by atoms with Gasteiger partial charge in [-0.15, -0.1) is 0 Å². The van der Waals surface area contributed by atoms with E-state index >= 15 is 0 Å². The van der Waals surface area contributed by atoms with Gasteiger partial charge in [0.25, 0.3) is 5.69 Å². The van der Waals surface area contributed by atoms with Crippen molar-refractivity contribution in [3.05, 3.63) is 63.8 Å². The smallest absolute Gasteiger partial charge is 0.270 e. The zero-order chi connectivity index (χ0) is 17.8. The van der Waals surface area contributed by atoms with Gasteiger partial charge in [0.1, 0.15) is 5.82 Å². The summed E-state index contributed by atoms with van der Waals surface area (Å²) < 4.78 is 5.08. The van der Waals surface area contributed by atoms with Crippen molar-refractivity contribution in [2.24, 2.45) is 0 Å². The second-order valence-electron chi connectivity index (χ2n) is 5.19. The third-order valence-corrected chi connectivity index (χ3v) is 3.61. The highest BCUT2D eigenvalue weighted by atomic mass is 16.6. The van der Waals surface area contributed by atoms with Crippen LogP contribution in [0, 0.1) is 21.4 Å². The number of anilines is 1. The molecule has 8 nitrogen and oxygen atoms in total. The lowest BCUT2D eigenvalue weighted by Gasteiger charge is -2.09. The van der Waals surface area contributed by atoms with Crippen LogP contribution in [0.4, 0.5) is 11.5 Å². The first kappa shape index (κ1) is 16.1. The SMILES string of the molecule is COc1cc(CNc2cc(C#N)c3cc([N+](=O)[O-])ccc3n2)ccn1. The molecule has 0 aliphatic rings. The molecule has 3 rings (SSSR count). The predicted octanol–water partition coefficient (Wildman–Crippen LogP) is 3.03. The van der Waals surface area contributed by atoms with Crippen LogP contribution in [-0.2, 0) is 6.54 Å². The Morgan fingerprint density at radius 3 is 2.88 bits per heavy atom. The monoisotopic (exact) mass is 335 g/mol. The second-order valence-corrected chi connectivity index (χ2v) is 5.19. The Morgan fingerprint density at radius 1 is 1.32 bits per heavy atom. The molecule has 1 N–H and O–H groups in total. The molecule has 0 atom stereocenters. The van der Waals surface area contributed by atoms with Crippen molar-refractivity contribution in [3.63, 3.8) is 0 Å². The molecule has 0 aliphatic carbocycles. The molecule has 1 aromatic carbocycles. The minimum atomic E-state index is -0.496. The van der Waals surface area contributed by atoms with Gasteiger partial charge >= 0.3 is 0 Å². The quantitative estimate of drug-likeness (QED) is 0.563. The molecule has 0 spiro atoms. The molecule has 2 aromatic heterocycles. The number of hydrogen-bond donors (Lipinski definition) is 1. The molecule has 0 amide bonds. The van der Waals surface area contributed by atoms with E-state index in [2.05, 4.69) is 21.4 Å². The minimum absolute atomic E-state index is 0.0737. The van der Waals surface area contributed by atoms with E-state index in [4.69, 9.17) is 4.74 Å². The molecule has 2 heterocycles. The number of non-ortho nitro benzene ring substituents is 1. The maximum Gasteiger partial charge on any atom is 0.270 e. The maximum absolute atomic E-state index is 10.9. The summed E-state index contributed by atoms with van der Waals surface area (Å²) in [6, 6.07) is 11.5. The Labute approximate surface area is 142 Å². The fourth-order valence-electron chi connectivity index (χ4n) is 2.38. The summed E-state index contributed by atoms with van der Waals surface area (Å²) in [5, 5.41) is 23.8. The van der Waals surface area contributed by atoms with Gasteiger partial charge in [-0.1, -0.05) is 0 Å². The number of fused-ring (bicyclic) bond motifs is 1. The van der Waals surface area contributed by atoms with E-state index in [0.29, 0.717) is 34.7 Å². The molecule has 0 radical (unpaired) electrons. The average molecular weight is 335 g/mol. The number of methoxy groups -OCH3 is 1. The lowest BCUT2D eigenvalue weighted by molar-refractivity contribution is -0.384. The number of nitrogens with zero attached hydrogens (tertiary/aromatic N) is 4. The molecule has 124 valence electrons. The zero-order valence-corrected chi connectivity index (χ0v) is 13.3. The van der Waals surface area contributed by atoms with Crippen LogP contribution < -0.4 is 10.1 Å². The van der Waals surface area contributed by atoms with Crippen molar-refractivity contribution in [2.75, 3.05) is 12.4 Å². The van der Waals surface area contributed by atoms with Crippen molar-refractivity contribution in [1.29, 1.82) is 5.26 Å². The number of nitro benzene ring substituents is 1. The Hall–Kier alpha value is -3.73. The van der Waals surface area contributed by atoms with Crippen LogP contribution in [0.3, 0.4) is 0 Å². The number of rotatable bonds is 5. The van der Waals surface area contributed by atoms with Gasteiger partial charge in [-0.05, 0) is 23.8 Å². The Kier molecular flexibility index (Phi) is 4.39. The molecule has 25 heavy (non-hydrogen) atoms. The van der Waals surface area contributed by atoms with Crippen molar-refractivity contribution in [2.45, 2.75) is 6.54 Å². The van der Waals surface area contributed by atoms with Gasteiger partial charge in [0.15, 0.2) is 0 Å². The molecule has 0 saturated carbocycles. The molecule has 0 bridgehead atoms. The van der Waals surface area contributed by atoms with Gasteiger partial charge in [-0.25, -0.2) is 9.97 Å². The number of hydrogen-bond acceptors (Lipinski definition) is 7. The molecule has 0 saturated heterocycles. The van der Waals surface area contributed by atoms with Crippen LogP contribution >= 0.6 is 0 Å². The highest BCUT2D eigenvalue weighted by Gasteiger charge is 2.11. The summed E-state index contributed by atoms with van der Waals surface area (Å²) in [6.45, 7) is 0.467. The van der Waals surface area contributed by atoms with E-state index in [-0.39, 0.29) is 5.69 Å². The molecular weight excluding hydrogens is 322 g/mol. The van der Waals surface area contributed by atoms with Gasteiger partial charge in [0.2, 0.25) is 5.88 Å².